The SMILES string of the molecule is Cc1cnc(N(C)CC(C)N)s1. The quantitative estimate of drug-likeness (QED) is 0.770. The fourth-order valence-corrected chi connectivity index (χ4v) is 1.76. The van der Waals surface area contributed by atoms with Crippen LogP contribution in [-0.2, 0) is 0 Å². The highest BCUT2D eigenvalue weighted by atomic mass is 32.1. The minimum atomic E-state index is 0.194. The fourth-order valence-electron chi connectivity index (χ4n) is 1.03. The second kappa shape index (κ2) is 3.87. The zero-order chi connectivity index (χ0) is 9.14. The highest BCUT2D eigenvalue weighted by molar-refractivity contribution is 7.15. The van der Waals surface area contributed by atoms with Gasteiger partial charge < -0.3 is 10.6 Å². The molecule has 1 unspecified atom stereocenters. The van der Waals surface area contributed by atoms with E-state index in [0.717, 1.165) is 11.7 Å². The molecule has 1 rings (SSSR count). The summed E-state index contributed by atoms with van der Waals surface area (Å²) in [7, 11) is 2.02. The number of nitrogens with two attached hydrogens (primary N) is 1. The van der Waals surface area contributed by atoms with Crippen LogP contribution in [0.5, 0.6) is 0 Å². The van der Waals surface area contributed by atoms with Crippen molar-refractivity contribution < 1.29 is 0 Å². The van der Waals surface area contributed by atoms with Gasteiger partial charge in [-0.2, -0.15) is 0 Å². The van der Waals surface area contributed by atoms with Crippen molar-refractivity contribution in [3.05, 3.63) is 11.1 Å². The van der Waals surface area contributed by atoms with Gasteiger partial charge >= 0.3 is 0 Å². The molecule has 0 saturated heterocycles. The number of nitrogens with zero attached hydrogens (tertiary/aromatic N) is 2. The number of anilines is 1. The molecule has 0 spiro atoms. The lowest BCUT2D eigenvalue weighted by atomic mass is 10.3. The predicted molar refractivity (Wildman–Crippen MR) is 53.8 cm³/mol. The van der Waals surface area contributed by atoms with Crippen LogP contribution in [0.2, 0.25) is 0 Å². The van der Waals surface area contributed by atoms with Crippen LogP contribution in [0.4, 0.5) is 5.13 Å². The molecule has 3 nitrogen and oxygen atoms in total. The van der Waals surface area contributed by atoms with Crippen LogP contribution in [-0.4, -0.2) is 24.6 Å². The summed E-state index contributed by atoms with van der Waals surface area (Å²) in [5.74, 6) is 0. The molecule has 1 aromatic heterocycles. The Bertz CT molecular complexity index is 244. The topological polar surface area (TPSA) is 42.2 Å². The molecule has 0 amide bonds. The van der Waals surface area contributed by atoms with Crippen molar-refractivity contribution in [3.63, 3.8) is 0 Å². The minimum absolute atomic E-state index is 0.194. The molecule has 12 heavy (non-hydrogen) atoms. The molecule has 0 fully saturated rings. The number of thiazole rings is 1. The van der Waals surface area contributed by atoms with Gasteiger partial charge in [0.1, 0.15) is 0 Å². The lowest BCUT2D eigenvalue weighted by molar-refractivity contribution is 0.716. The standard InChI is InChI=1S/C8H15N3S/c1-6(9)5-11(3)8-10-4-7(2)12-8/h4,6H,5,9H2,1-3H3. The predicted octanol–water partition coefficient (Wildman–Crippen LogP) is 1.23. The van der Waals surface area contributed by atoms with E-state index in [0.29, 0.717) is 0 Å². The third-order valence-electron chi connectivity index (χ3n) is 1.50. The van der Waals surface area contributed by atoms with Crippen LogP contribution in [0.1, 0.15) is 11.8 Å². The molecule has 0 bridgehead atoms. The molecule has 0 aliphatic carbocycles. The van der Waals surface area contributed by atoms with E-state index >= 15 is 0 Å². The number of hydrogen-bond donors (Lipinski definition) is 1. The Morgan fingerprint density at radius 3 is 2.83 bits per heavy atom. The molecule has 2 N–H and O–H groups in total. The second-order valence-electron chi connectivity index (χ2n) is 3.11. The first-order valence-corrected chi connectivity index (χ1v) is 4.80. The van der Waals surface area contributed by atoms with Crippen molar-refractivity contribution in [1.29, 1.82) is 0 Å². The van der Waals surface area contributed by atoms with E-state index in [2.05, 4.69) is 16.8 Å². The zero-order valence-corrected chi connectivity index (χ0v) is 8.56. The van der Waals surface area contributed by atoms with Crippen LogP contribution < -0.4 is 10.6 Å². The minimum Gasteiger partial charge on any atom is -0.350 e. The van der Waals surface area contributed by atoms with Gasteiger partial charge in [0.25, 0.3) is 0 Å². The summed E-state index contributed by atoms with van der Waals surface area (Å²) in [5, 5.41) is 1.05. The number of aromatic nitrogens is 1. The van der Waals surface area contributed by atoms with Crippen LogP contribution >= 0.6 is 11.3 Å². The Kier molecular flexibility index (Phi) is 3.05. The van der Waals surface area contributed by atoms with Gasteiger partial charge in [-0.3, -0.25) is 0 Å². The number of aryl methyl sites for hydroxylation is 1. The normalized spacial score (nSPS) is 13.0. The smallest absolute Gasteiger partial charge is 0.185 e. The highest BCUT2D eigenvalue weighted by Crippen LogP contribution is 2.19. The molecule has 1 aromatic rings. The summed E-state index contributed by atoms with van der Waals surface area (Å²) in [6.45, 7) is 4.91. The molecular weight excluding hydrogens is 170 g/mol. The van der Waals surface area contributed by atoms with E-state index in [-0.39, 0.29) is 6.04 Å². The molecule has 1 atom stereocenters. The maximum absolute atomic E-state index is 5.67. The molecule has 0 radical (unpaired) electrons. The summed E-state index contributed by atoms with van der Waals surface area (Å²) in [4.78, 5) is 7.58. The molecule has 68 valence electrons. The first-order chi connectivity index (χ1) is 5.59. The van der Waals surface area contributed by atoms with Crippen molar-refractivity contribution in [2.45, 2.75) is 19.9 Å². The highest BCUT2D eigenvalue weighted by Gasteiger charge is 2.06. The Morgan fingerprint density at radius 2 is 2.42 bits per heavy atom. The number of hydrogen-bond acceptors (Lipinski definition) is 4. The third-order valence-corrected chi connectivity index (χ3v) is 2.52. The first kappa shape index (κ1) is 9.48. The van der Waals surface area contributed by atoms with Gasteiger partial charge in [0.15, 0.2) is 5.13 Å². The maximum Gasteiger partial charge on any atom is 0.185 e. The van der Waals surface area contributed by atoms with Crippen LogP contribution in [0.25, 0.3) is 0 Å². The Balaban J connectivity index is 2.58. The van der Waals surface area contributed by atoms with Crippen molar-refractivity contribution in [2.24, 2.45) is 5.73 Å². The third kappa shape index (κ3) is 2.46. The number of rotatable bonds is 3. The van der Waals surface area contributed by atoms with Crippen LogP contribution in [0, 0.1) is 6.92 Å². The summed E-state index contributed by atoms with van der Waals surface area (Å²) in [6, 6.07) is 0.194. The molecule has 0 saturated carbocycles. The maximum atomic E-state index is 5.67. The van der Waals surface area contributed by atoms with Gasteiger partial charge in [-0.25, -0.2) is 4.98 Å². The van der Waals surface area contributed by atoms with Crippen molar-refractivity contribution >= 4 is 16.5 Å². The summed E-state index contributed by atoms with van der Waals surface area (Å²) in [6.07, 6.45) is 1.89. The lowest BCUT2D eigenvalue weighted by Crippen LogP contribution is -2.32. The van der Waals surface area contributed by atoms with E-state index in [1.54, 1.807) is 11.3 Å². The zero-order valence-electron chi connectivity index (χ0n) is 7.74. The van der Waals surface area contributed by atoms with Gasteiger partial charge in [0.05, 0.1) is 0 Å². The van der Waals surface area contributed by atoms with E-state index in [1.807, 2.05) is 20.2 Å². The van der Waals surface area contributed by atoms with Crippen molar-refractivity contribution in [2.75, 3.05) is 18.5 Å². The van der Waals surface area contributed by atoms with E-state index in [9.17, 15) is 0 Å². The summed E-state index contributed by atoms with van der Waals surface area (Å²) in [5.41, 5.74) is 5.67. The molecule has 1 heterocycles. The Hall–Kier alpha value is -0.610. The molecule has 0 aliphatic rings. The summed E-state index contributed by atoms with van der Waals surface area (Å²) < 4.78 is 0. The largest absolute Gasteiger partial charge is 0.350 e. The Labute approximate surface area is 77.2 Å². The van der Waals surface area contributed by atoms with Gasteiger partial charge in [-0.15, -0.1) is 11.3 Å². The Morgan fingerprint density at radius 1 is 1.75 bits per heavy atom. The van der Waals surface area contributed by atoms with Crippen LogP contribution in [0.3, 0.4) is 0 Å². The lowest BCUT2D eigenvalue weighted by Gasteiger charge is -2.17. The monoisotopic (exact) mass is 185 g/mol. The van der Waals surface area contributed by atoms with Crippen molar-refractivity contribution in [3.8, 4) is 0 Å². The number of likely N-dealkylation sites (N-methyl/N-ethyl adjacent to an activating group) is 1. The van der Waals surface area contributed by atoms with E-state index < -0.39 is 0 Å². The average molecular weight is 185 g/mol. The fraction of sp³-hybridized carbons (Fsp3) is 0.625. The van der Waals surface area contributed by atoms with Crippen LogP contribution in [0.15, 0.2) is 6.20 Å². The van der Waals surface area contributed by atoms with E-state index in [1.165, 1.54) is 4.88 Å². The van der Waals surface area contributed by atoms with Gasteiger partial charge in [0.2, 0.25) is 0 Å². The second-order valence-corrected chi connectivity index (χ2v) is 4.32. The average Bonchev–Trinajstić information content (AvgIpc) is 2.34. The molecule has 0 aromatic carbocycles. The van der Waals surface area contributed by atoms with Gasteiger partial charge in [0, 0.05) is 30.7 Å². The van der Waals surface area contributed by atoms with E-state index in [4.69, 9.17) is 5.73 Å². The molecule has 4 heteroatoms. The van der Waals surface area contributed by atoms with Gasteiger partial charge in [-0.05, 0) is 13.8 Å². The summed E-state index contributed by atoms with van der Waals surface area (Å²) >= 11 is 1.70. The first-order valence-electron chi connectivity index (χ1n) is 3.98. The van der Waals surface area contributed by atoms with Gasteiger partial charge in [-0.1, -0.05) is 0 Å². The molecular formula is C8H15N3S. The molecule has 0 aliphatic heterocycles. The van der Waals surface area contributed by atoms with Crippen molar-refractivity contribution in [1.82, 2.24) is 4.98 Å².